The molecule has 7 rings (SSSR count). The third kappa shape index (κ3) is 5.72. The highest BCUT2D eigenvalue weighted by Crippen LogP contribution is 2.61. The molecule has 6 atom stereocenters. The van der Waals surface area contributed by atoms with E-state index in [2.05, 4.69) is 81.4 Å². The van der Waals surface area contributed by atoms with Crippen LogP contribution in [0.2, 0.25) is 5.04 Å². The van der Waals surface area contributed by atoms with E-state index in [1.807, 2.05) is 6.92 Å². The smallest absolute Gasteiger partial charge is 0.296 e. The van der Waals surface area contributed by atoms with E-state index in [4.69, 9.17) is 23.1 Å². The summed E-state index contributed by atoms with van der Waals surface area (Å²) >= 11 is 0. The van der Waals surface area contributed by atoms with Crippen LogP contribution in [0.4, 0.5) is 0 Å². The largest absolute Gasteiger partial charge is 0.404 e. The van der Waals surface area contributed by atoms with Gasteiger partial charge in [-0.25, -0.2) is 0 Å². The maximum atomic E-state index is 13.0. The molecule has 7 nitrogen and oxygen atoms in total. The molecule has 3 aromatic carbocycles. The molecule has 3 saturated carbocycles. The Labute approximate surface area is 274 Å². The second-order valence-electron chi connectivity index (χ2n) is 15.0. The molecule has 46 heavy (non-hydrogen) atoms. The number of hydrogen-bond donors (Lipinski definition) is 0. The van der Waals surface area contributed by atoms with E-state index < -0.39 is 30.0 Å². The molecular weight excluding hydrogens is 617 g/mol. The summed E-state index contributed by atoms with van der Waals surface area (Å²) in [6, 6.07) is 28.2. The van der Waals surface area contributed by atoms with E-state index in [0.717, 1.165) is 44.1 Å². The lowest BCUT2D eigenvalue weighted by Crippen LogP contribution is -2.68. The van der Waals surface area contributed by atoms with Crippen molar-refractivity contribution < 1.29 is 31.5 Å². The average molecular weight is 663 g/mol. The van der Waals surface area contributed by atoms with Gasteiger partial charge in [-0.15, -0.1) is 0 Å². The van der Waals surface area contributed by atoms with Gasteiger partial charge in [0.2, 0.25) is 11.6 Å². The van der Waals surface area contributed by atoms with Crippen LogP contribution in [0.3, 0.4) is 0 Å². The standard InChI is InChI=1S/C37H46O7SSi/c1-27-17-19-31(20-18-27)45(38,39)40-26-29-22-28-23-34(29)37(24-28)42-36(43-44-37)21-11-12-30(25-36)41-46(35(2,3)4,32-13-7-5-8-14-32)33-15-9-6-10-16-33/h5-10,13-20,28-30,34H,11-12,21-26H2,1-4H3/t28-,29+,30-,34-,36+,37+/m1/s1. The van der Waals surface area contributed by atoms with Gasteiger partial charge in [0.1, 0.15) is 0 Å². The first-order valence-corrected chi connectivity index (χ1v) is 20.1. The number of aryl methyl sites for hydroxylation is 1. The van der Waals surface area contributed by atoms with E-state index >= 15 is 0 Å². The van der Waals surface area contributed by atoms with Gasteiger partial charge in [-0.3, -0.25) is 4.18 Å². The minimum absolute atomic E-state index is 0.00284. The Morgan fingerprint density at radius 1 is 0.870 bits per heavy atom. The minimum Gasteiger partial charge on any atom is -0.404 e. The molecule has 1 heterocycles. The van der Waals surface area contributed by atoms with Crippen LogP contribution in [0.25, 0.3) is 0 Å². The molecule has 1 aliphatic heterocycles. The summed E-state index contributed by atoms with van der Waals surface area (Å²) in [4.78, 5) is 12.7. The van der Waals surface area contributed by atoms with Gasteiger partial charge < -0.3 is 9.16 Å². The Bertz CT molecular complexity index is 1590. The van der Waals surface area contributed by atoms with Crippen LogP contribution in [-0.2, 0) is 33.2 Å². The average Bonchev–Trinajstić information content (AvgIpc) is 3.71. The van der Waals surface area contributed by atoms with Gasteiger partial charge in [0.15, 0.2) is 0 Å². The Kier molecular flexibility index (Phi) is 8.36. The van der Waals surface area contributed by atoms with Crippen molar-refractivity contribution in [3.63, 3.8) is 0 Å². The Morgan fingerprint density at radius 3 is 2.13 bits per heavy atom. The zero-order chi connectivity index (χ0) is 32.2. The highest BCUT2D eigenvalue weighted by Gasteiger charge is 2.66. The topological polar surface area (TPSA) is 80.3 Å². The summed E-state index contributed by atoms with van der Waals surface area (Å²) in [5.41, 5.74) is 1.00. The maximum Gasteiger partial charge on any atom is 0.296 e. The van der Waals surface area contributed by atoms with E-state index in [9.17, 15) is 8.42 Å². The van der Waals surface area contributed by atoms with E-state index in [1.54, 1.807) is 24.3 Å². The summed E-state index contributed by atoms with van der Waals surface area (Å²) in [5, 5.41) is 2.38. The quantitative estimate of drug-likeness (QED) is 0.152. The minimum atomic E-state index is -3.85. The van der Waals surface area contributed by atoms with Crippen molar-refractivity contribution in [2.24, 2.45) is 17.8 Å². The predicted octanol–water partition coefficient (Wildman–Crippen LogP) is 6.64. The molecule has 1 saturated heterocycles. The molecule has 9 heteroatoms. The first-order chi connectivity index (χ1) is 21.9. The van der Waals surface area contributed by atoms with E-state index in [-0.39, 0.29) is 34.5 Å². The summed E-state index contributed by atoms with van der Waals surface area (Å²) in [5.74, 6) is -1.39. The number of fused-ring (bicyclic) bond motifs is 3. The third-order valence-corrected chi connectivity index (χ3v) is 17.1. The van der Waals surface area contributed by atoms with Crippen molar-refractivity contribution in [3.8, 4) is 0 Å². The highest BCUT2D eigenvalue weighted by atomic mass is 32.2. The molecule has 4 fully saturated rings. The molecular formula is C37H46O7SSi. The maximum absolute atomic E-state index is 13.0. The van der Waals surface area contributed by atoms with Crippen LogP contribution in [0.15, 0.2) is 89.8 Å². The van der Waals surface area contributed by atoms with E-state index in [1.165, 1.54) is 10.4 Å². The van der Waals surface area contributed by atoms with Crippen LogP contribution in [-0.4, -0.2) is 41.0 Å². The van der Waals surface area contributed by atoms with Crippen LogP contribution in [0, 0.1) is 24.7 Å². The van der Waals surface area contributed by atoms with Gasteiger partial charge >= 0.3 is 0 Å². The Morgan fingerprint density at radius 2 is 1.52 bits per heavy atom. The van der Waals surface area contributed by atoms with Crippen LogP contribution < -0.4 is 10.4 Å². The van der Waals surface area contributed by atoms with Crippen molar-refractivity contribution in [1.29, 1.82) is 0 Å². The second-order valence-corrected chi connectivity index (χ2v) is 20.8. The molecule has 0 N–H and O–H groups in total. The van der Waals surface area contributed by atoms with Gasteiger partial charge in [-0.2, -0.15) is 18.2 Å². The van der Waals surface area contributed by atoms with Gasteiger partial charge in [0, 0.05) is 25.2 Å². The fraction of sp³-hybridized carbons (Fsp3) is 0.514. The normalized spacial score (nSPS) is 31.2. The van der Waals surface area contributed by atoms with Gasteiger partial charge in [-0.05, 0) is 72.0 Å². The van der Waals surface area contributed by atoms with Crippen LogP contribution in [0.1, 0.15) is 71.3 Å². The molecule has 4 aliphatic rings. The molecule has 2 bridgehead atoms. The lowest BCUT2D eigenvalue weighted by Gasteiger charge is -2.47. The van der Waals surface area contributed by atoms with Gasteiger partial charge in [0.05, 0.1) is 17.6 Å². The number of hydrogen-bond acceptors (Lipinski definition) is 7. The lowest BCUT2D eigenvalue weighted by atomic mass is 9.84. The first-order valence-electron chi connectivity index (χ1n) is 16.8. The van der Waals surface area contributed by atoms with Gasteiger partial charge in [-0.1, -0.05) is 99.1 Å². The summed E-state index contributed by atoms with van der Waals surface area (Å²) in [7, 11) is -6.61. The molecule has 3 aliphatic carbocycles. The van der Waals surface area contributed by atoms with Crippen LogP contribution >= 0.6 is 0 Å². The fourth-order valence-corrected chi connectivity index (χ4v) is 14.4. The monoisotopic (exact) mass is 662 g/mol. The number of ether oxygens (including phenoxy) is 1. The lowest BCUT2D eigenvalue weighted by molar-refractivity contribution is -0.365. The van der Waals surface area contributed by atoms with Gasteiger partial charge in [0.25, 0.3) is 18.4 Å². The Hall–Kier alpha value is -2.37. The highest BCUT2D eigenvalue weighted by molar-refractivity contribution is 7.86. The first kappa shape index (κ1) is 32.2. The number of rotatable bonds is 8. The fourth-order valence-electron chi connectivity index (χ4n) is 8.70. The molecule has 3 aromatic rings. The molecule has 0 radical (unpaired) electrons. The third-order valence-electron chi connectivity index (χ3n) is 10.8. The van der Waals surface area contributed by atoms with Crippen molar-refractivity contribution in [2.45, 2.75) is 100 Å². The zero-order valence-corrected chi connectivity index (χ0v) is 29.1. The SMILES string of the molecule is Cc1ccc(S(=O)(=O)OC[C@@H]2C[C@@H]3C[C@H]2[C@]2(C3)OO[C@]3(CCC[C@@H](O[Si](c4ccccc4)(c4ccccc4)C(C)(C)C)C3)O2)cc1. The summed E-state index contributed by atoms with van der Waals surface area (Å²) in [6.45, 7) is 8.94. The Balaban J connectivity index is 1.09. The predicted molar refractivity (Wildman–Crippen MR) is 178 cm³/mol. The molecule has 0 amide bonds. The zero-order valence-electron chi connectivity index (χ0n) is 27.3. The number of benzene rings is 3. The van der Waals surface area contributed by atoms with Crippen molar-refractivity contribution >= 4 is 28.8 Å². The summed E-state index contributed by atoms with van der Waals surface area (Å²) in [6.07, 6.45) is 5.63. The molecule has 0 unspecified atom stereocenters. The van der Waals surface area contributed by atoms with Crippen LogP contribution in [0.5, 0.6) is 0 Å². The summed E-state index contributed by atoms with van der Waals surface area (Å²) < 4.78 is 46.0. The molecule has 246 valence electrons. The van der Waals surface area contributed by atoms with Crippen molar-refractivity contribution in [3.05, 3.63) is 90.5 Å². The second kappa shape index (κ2) is 11.9. The molecule has 2 spiro atoms. The molecule has 0 aromatic heterocycles. The van der Waals surface area contributed by atoms with Crippen molar-refractivity contribution in [2.75, 3.05) is 6.61 Å². The van der Waals surface area contributed by atoms with Crippen molar-refractivity contribution in [1.82, 2.24) is 0 Å². The van der Waals surface area contributed by atoms with E-state index in [0.29, 0.717) is 12.3 Å².